The predicted molar refractivity (Wildman–Crippen MR) is 89.7 cm³/mol. The standard InChI is InChI=1S/C17H17F3N6O/c1-11-7-13(23-25(11)2)8-21-16(27)15-10-26(24-22-15)9-12-5-3-4-6-14(12)17(18,19)20/h3-7,10H,8-9H2,1-2H3,(H,21,27). The lowest BCUT2D eigenvalue weighted by atomic mass is 10.1. The molecule has 10 heteroatoms. The van der Waals surface area contributed by atoms with Gasteiger partial charge in [0, 0.05) is 12.7 Å². The number of hydrogen-bond donors (Lipinski definition) is 1. The van der Waals surface area contributed by atoms with Gasteiger partial charge in [0.05, 0.1) is 30.5 Å². The Morgan fingerprint density at radius 2 is 2.00 bits per heavy atom. The van der Waals surface area contributed by atoms with Crippen molar-refractivity contribution in [1.82, 2.24) is 30.1 Å². The third kappa shape index (κ3) is 4.33. The first-order chi connectivity index (χ1) is 12.7. The number of hydrogen-bond acceptors (Lipinski definition) is 4. The van der Waals surface area contributed by atoms with Gasteiger partial charge in [0.25, 0.3) is 5.91 Å². The van der Waals surface area contributed by atoms with Gasteiger partial charge in [-0.3, -0.25) is 9.48 Å². The molecule has 0 saturated carbocycles. The van der Waals surface area contributed by atoms with Gasteiger partial charge in [-0.25, -0.2) is 4.68 Å². The van der Waals surface area contributed by atoms with E-state index in [-0.39, 0.29) is 24.3 Å². The number of benzene rings is 1. The number of halogens is 3. The van der Waals surface area contributed by atoms with Crippen molar-refractivity contribution in [2.75, 3.05) is 0 Å². The molecule has 0 radical (unpaired) electrons. The zero-order valence-corrected chi connectivity index (χ0v) is 14.7. The Balaban J connectivity index is 1.67. The number of rotatable bonds is 5. The van der Waals surface area contributed by atoms with Gasteiger partial charge in [0.15, 0.2) is 5.69 Å². The lowest BCUT2D eigenvalue weighted by Gasteiger charge is -2.12. The molecule has 27 heavy (non-hydrogen) atoms. The van der Waals surface area contributed by atoms with Crippen LogP contribution in [0.4, 0.5) is 13.2 Å². The quantitative estimate of drug-likeness (QED) is 0.739. The third-order valence-corrected chi connectivity index (χ3v) is 4.02. The van der Waals surface area contributed by atoms with Crippen LogP contribution in [0.5, 0.6) is 0 Å². The van der Waals surface area contributed by atoms with Crippen molar-refractivity contribution in [3.8, 4) is 0 Å². The molecule has 142 valence electrons. The number of carbonyl (C=O) groups is 1. The van der Waals surface area contributed by atoms with Crippen LogP contribution < -0.4 is 5.32 Å². The summed E-state index contributed by atoms with van der Waals surface area (Å²) in [7, 11) is 1.80. The van der Waals surface area contributed by atoms with Gasteiger partial charge >= 0.3 is 6.18 Å². The van der Waals surface area contributed by atoms with E-state index in [1.54, 1.807) is 11.7 Å². The van der Waals surface area contributed by atoms with Crippen LogP contribution in [0.1, 0.15) is 33.0 Å². The van der Waals surface area contributed by atoms with Crippen molar-refractivity contribution >= 4 is 5.91 Å². The van der Waals surface area contributed by atoms with Crippen LogP contribution in [0.3, 0.4) is 0 Å². The summed E-state index contributed by atoms with van der Waals surface area (Å²) in [4.78, 5) is 12.2. The number of amides is 1. The second-order valence-electron chi connectivity index (χ2n) is 6.04. The predicted octanol–water partition coefficient (Wildman–Crippen LogP) is 2.32. The first-order valence-electron chi connectivity index (χ1n) is 8.07. The van der Waals surface area contributed by atoms with Crippen LogP contribution in [-0.2, 0) is 26.3 Å². The van der Waals surface area contributed by atoms with E-state index in [0.29, 0.717) is 5.69 Å². The van der Waals surface area contributed by atoms with Crippen LogP contribution in [0.2, 0.25) is 0 Å². The molecule has 3 aromatic rings. The molecular formula is C17H17F3N6O. The average Bonchev–Trinajstić information content (AvgIpc) is 3.19. The number of nitrogens with one attached hydrogen (secondary N) is 1. The number of aromatic nitrogens is 5. The second-order valence-corrected chi connectivity index (χ2v) is 6.04. The van der Waals surface area contributed by atoms with Crippen molar-refractivity contribution in [2.45, 2.75) is 26.2 Å². The van der Waals surface area contributed by atoms with Crippen molar-refractivity contribution in [3.63, 3.8) is 0 Å². The van der Waals surface area contributed by atoms with E-state index in [9.17, 15) is 18.0 Å². The Hall–Kier alpha value is -3.17. The minimum absolute atomic E-state index is 0.0205. The maximum Gasteiger partial charge on any atom is 0.416 e. The minimum atomic E-state index is -4.46. The SMILES string of the molecule is Cc1cc(CNC(=O)c2cn(Cc3ccccc3C(F)(F)F)nn2)nn1C. The first-order valence-corrected chi connectivity index (χ1v) is 8.07. The molecule has 1 N–H and O–H groups in total. The number of carbonyl (C=O) groups excluding carboxylic acids is 1. The number of alkyl halides is 3. The highest BCUT2D eigenvalue weighted by molar-refractivity contribution is 5.91. The van der Waals surface area contributed by atoms with E-state index in [1.165, 1.54) is 29.1 Å². The van der Waals surface area contributed by atoms with Gasteiger partial charge in [0.2, 0.25) is 0 Å². The molecule has 0 saturated heterocycles. The highest BCUT2D eigenvalue weighted by Gasteiger charge is 2.33. The van der Waals surface area contributed by atoms with Crippen LogP contribution >= 0.6 is 0 Å². The van der Waals surface area contributed by atoms with E-state index < -0.39 is 17.6 Å². The van der Waals surface area contributed by atoms with Gasteiger partial charge < -0.3 is 5.32 Å². The van der Waals surface area contributed by atoms with E-state index in [0.717, 1.165) is 11.8 Å². The van der Waals surface area contributed by atoms with Gasteiger partial charge in [0.1, 0.15) is 0 Å². The molecule has 0 aliphatic carbocycles. The van der Waals surface area contributed by atoms with Gasteiger partial charge in [-0.2, -0.15) is 18.3 Å². The van der Waals surface area contributed by atoms with Crippen molar-refractivity contribution in [2.24, 2.45) is 7.05 Å². The van der Waals surface area contributed by atoms with E-state index in [4.69, 9.17) is 0 Å². The Kier molecular flexibility index (Phi) is 4.98. The minimum Gasteiger partial charge on any atom is -0.345 e. The number of aryl methyl sites for hydroxylation is 2. The average molecular weight is 378 g/mol. The maximum atomic E-state index is 13.1. The fourth-order valence-electron chi connectivity index (χ4n) is 2.57. The molecular weight excluding hydrogens is 361 g/mol. The molecule has 0 aliphatic rings. The molecule has 0 unspecified atom stereocenters. The fourth-order valence-corrected chi connectivity index (χ4v) is 2.57. The molecule has 7 nitrogen and oxygen atoms in total. The van der Waals surface area contributed by atoms with Gasteiger partial charge in [-0.15, -0.1) is 5.10 Å². The van der Waals surface area contributed by atoms with E-state index in [1.807, 2.05) is 13.0 Å². The normalized spacial score (nSPS) is 11.6. The third-order valence-electron chi connectivity index (χ3n) is 4.02. The Morgan fingerprint density at radius 1 is 1.26 bits per heavy atom. The first kappa shape index (κ1) is 18.6. The largest absolute Gasteiger partial charge is 0.416 e. The summed E-state index contributed by atoms with van der Waals surface area (Å²) in [6, 6.07) is 7.06. The fraction of sp³-hybridized carbons (Fsp3) is 0.294. The lowest BCUT2D eigenvalue weighted by molar-refractivity contribution is -0.138. The van der Waals surface area contributed by atoms with Crippen LogP contribution in [0.25, 0.3) is 0 Å². The summed E-state index contributed by atoms with van der Waals surface area (Å²) in [5, 5.41) is 14.4. The topological polar surface area (TPSA) is 77.6 Å². The summed E-state index contributed by atoms with van der Waals surface area (Å²) in [5.41, 5.74) is 0.971. The van der Waals surface area contributed by atoms with E-state index >= 15 is 0 Å². The van der Waals surface area contributed by atoms with Crippen molar-refractivity contribution in [1.29, 1.82) is 0 Å². The van der Waals surface area contributed by atoms with Crippen LogP contribution in [0, 0.1) is 6.92 Å². The summed E-state index contributed by atoms with van der Waals surface area (Å²) < 4.78 is 42.1. The van der Waals surface area contributed by atoms with Crippen molar-refractivity contribution < 1.29 is 18.0 Å². The molecule has 1 aromatic carbocycles. The highest BCUT2D eigenvalue weighted by atomic mass is 19.4. The molecule has 1 amide bonds. The van der Waals surface area contributed by atoms with Crippen molar-refractivity contribution in [3.05, 3.63) is 64.7 Å². The molecule has 2 heterocycles. The number of nitrogens with zero attached hydrogens (tertiary/aromatic N) is 5. The van der Waals surface area contributed by atoms with Gasteiger partial charge in [-0.05, 0) is 24.6 Å². The van der Waals surface area contributed by atoms with Crippen LogP contribution in [-0.4, -0.2) is 30.7 Å². The lowest BCUT2D eigenvalue weighted by Crippen LogP contribution is -2.23. The monoisotopic (exact) mass is 378 g/mol. The molecule has 2 aromatic heterocycles. The van der Waals surface area contributed by atoms with Crippen LogP contribution in [0.15, 0.2) is 36.5 Å². The molecule has 0 atom stereocenters. The zero-order valence-electron chi connectivity index (χ0n) is 14.7. The Labute approximate surface area is 152 Å². The summed E-state index contributed by atoms with van der Waals surface area (Å²) >= 11 is 0. The zero-order chi connectivity index (χ0) is 19.6. The molecule has 0 spiro atoms. The van der Waals surface area contributed by atoms with E-state index in [2.05, 4.69) is 20.7 Å². The molecule has 3 rings (SSSR count). The molecule has 0 fully saturated rings. The Morgan fingerprint density at radius 3 is 2.67 bits per heavy atom. The van der Waals surface area contributed by atoms with Gasteiger partial charge in [-0.1, -0.05) is 23.4 Å². The smallest absolute Gasteiger partial charge is 0.345 e. The summed E-state index contributed by atoms with van der Waals surface area (Å²) in [6.45, 7) is 1.96. The second kappa shape index (κ2) is 7.22. The molecule has 0 bridgehead atoms. The maximum absolute atomic E-state index is 13.1. The Bertz CT molecular complexity index is 940. The summed E-state index contributed by atoms with van der Waals surface area (Å²) in [5.74, 6) is -0.478. The summed E-state index contributed by atoms with van der Waals surface area (Å²) in [6.07, 6.45) is -3.15. The molecule has 0 aliphatic heterocycles. The highest BCUT2D eigenvalue weighted by Crippen LogP contribution is 2.32.